The summed E-state index contributed by atoms with van der Waals surface area (Å²) in [6.45, 7) is 10.7. The predicted molar refractivity (Wildman–Crippen MR) is 157 cm³/mol. The predicted octanol–water partition coefficient (Wildman–Crippen LogP) is 0.789. The zero-order valence-corrected chi connectivity index (χ0v) is 25.5. The molecule has 1 atom stereocenters. The van der Waals surface area contributed by atoms with Crippen molar-refractivity contribution in [1.29, 1.82) is 0 Å². The number of Topliss-reactive ketones (excluding diaryl/α,β-unsaturated/α-hetero) is 2. The number of ether oxygens (including phenoxy) is 4. The van der Waals surface area contributed by atoms with Gasteiger partial charge in [0.15, 0.2) is 5.78 Å². The maximum absolute atomic E-state index is 12.2. The lowest BCUT2D eigenvalue weighted by atomic mass is 10.00. The summed E-state index contributed by atoms with van der Waals surface area (Å²) in [5.41, 5.74) is 5.91. The Morgan fingerprint density at radius 3 is 1.95 bits per heavy atom. The molecular weight excluding hydrogens is 548 g/mol. The third-order valence-corrected chi connectivity index (χ3v) is 5.79. The van der Waals surface area contributed by atoms with Gasteiger partial charge in [-0.2, -0.15) is 0 Å². The molecule has 0 aromatic carbocycles. The van der Waals surface area contributed by atoms with Gasteiger partial charge in [-0.25, -0.2) is 0 Å². The summed E-state index contributed by atoms with van der Waals surface area (Å²) >= 11 is 0. The first-order valence-corrected chi connectivity index (χ1v) is 14.7. The van der Waals surface area contributed by atoms with E-state index in [1.807, 2.05) is 0 Å². The minimum Gasteiger partial charge on any atom is -0.387 e. The first-order valence-electron chi connectivity index (χ1n) is 14.7. The fourth-order valence-electron chi connectivity index (χ4n) is 3.54. The topological polar surface area (TPSA) is 184 Å². The van der Waals surface area contributed by atoms with Crippen LogP contribution in [-0.4, -0.2) is 102 Å². The molecule has 13 heteroatoms. The fourth-order valence-corrected chi connectivity index (χ4v) is 3.54. The lowest BCUT2D eigenvalue weighted by molar-refractivity contribution is -0.129. The van der Waals surface area contributed by atoms with Crippen LogP contribution in [0.4, 0.5) is 0 Å². The summed E-state index contributed by atoms with van der Waals surface area (Å²) in [6, 6.07) is 0. The molecule has 0 spiro atoms. The van der Waals surface area contributed by atoms with Crippen LogP contribution in [0, 0.1) is 5.92 Å². The highest BCUT2D eigenvalue weighted by atomic mass is 16.5. The van der Waals surface area contributed by atoms with Gasteiger partial charge in [-0.15, -0.1) is 0 Å². The average molecular weight is 601 g/mol. The van der Waals surface area contributed by atoms with Crippen molar-refractivity contribution in [3.63, 3.8) is 0 Å². The van der Waals surface area contributed by atoms with Crippen LogP contribution in [0.25, 0.3) is 0 Å². The molecule has 3 amide bonds. The van der Waals surface area contributed by atoms with E-state index in [4.69, 9.17) is 24.7 Å². The van der Waals surface area contributed by atoms with E-state index in [9.17, 15) is 24.0 Å². The summed E-state index contributed by atoms with van der Waals surface area (Å²) < 4.78 is 21.1. The van der Waals surface area contributed by atoms with Crippen LogP contribution in [0.5, 0.6) is 0 Å². The molecule has 0 rings (SSSR count). The first kappa shape index (κ1) is 39.1. The number of hydrogen-bond acceptors (Lipinski definition) is 10. The monoisotopic (exact) mass is 600 g/mol. The van der Waals surface area contributed by atoms with Crippen molar-refractivity contribution < 1.29 is 42.9 Å². The molecule has 13 nitrogen and oxygen atoms in total. The Morgan fingerprint density at radius 1 is 0.690 bits per heavy atom. The Kier molecular flexibility index (Phi) is 25.1. The number of unbranched alkanes of at least 4 members (excludes halogenated alkanes) is 2. The van der Waals surface area contributed by atoms with Crippen LogP contribution < -0.4 is 21.7 Å². The molecule has 0 aromatic rings. The molecule has 42 heavy (non-hydrogen) atoms. The van der Waals surface area contributed by atoms with Crippen LogP contribution in [0.1, 0.15) is 65.2 Å². The van der Waals surface area contributed by atoms with Crippen molar-refractivity contribution in [2.75, 3.05) is 72.5 Å². The number of carbonyl (C=O) groups excluding carboxylic acids is 5. The van der Waals surface area contributed by atoms with E-state index in [2.05, 4.69) is 22.5 Å². The van der Waals surface area contributed by atoms with Crippen molar-refractivity contribution in [1.82, 2.24) is 16.0 Å². The largest absolute Gasteiger partial charge is 0.387 e. The van der Waals surface area contributed by atoms with Crippen molar-refractivity contribution >= 4 is 29.3 Å². The molecule has 0 aromatic heterocycles. The quantitative estimate of drug-likeness (QED) is 0.0860. The Labute approximate surface area is 250 Å². The van der Waals surface area contributed by atoms with Crippen molar-refractivity contribution in [3.05, 3.63) is 12.3 Å². The van der Waals surface area contributed by atoms with E-state index in [1.54, 1.807) is 6.92 Å². The number of carbonyl (C=O) groups is 5. The number of nitrogens with two attached hydrogens (primary N) is 1. The maximum atomic E-state index is 12.2. The smallest absolute Gasteiger partial charge is 0.246 e. The number of primary amides is 1. The van der Waals surface area contributed by atoms with Gasteiger partial charge in [0, 0.05) is 50.5 Å². The average Bonchev–Trinajstić information content (AvgIpc) is 2.92. The SMILES string of the molecule is C=C(CCCC(=O)C[C@@H](C)C(=O)NCCCCCC(N)=O)NCCOCCOCC(=O)NCCOCCOCC(C)=O. The van der Waals surface area contributed by atoms with Gasteiger partial charge in [0.05, 0.1) is 39.6 Å². The summed E-state index contributed by atoms with van der Waals surface area (Å²) in [7, 11) is 0. The third-order valence-electron chi connectivity index (χ3n) is 5.79. The molecule has 0 aliphatic rings. The molecule has 0 aliphatic heterocycles. The molecule has 0 saturated carbocycles. The molecule has 0 unspecified atom stereocenters. The van der Waals surface area contributed by atoms with E-state index in [0.717, 1.165) is 18.5 Å². The van der Waals surface area contributed by atoms with Crippen LogP contribution in [0.2, 0.25) is 0 Å². The number of hydrogen-bond donors (Lipinski definition) is 4. The number of rotatable bonds is 30. The van der Waals surface area contributed by atoms with Crippen molar-refractivity contribution in [2.24, 2.45) is 11.7 Å². The first-order chi connectivity index (χ1) is 20.1. The van der Waals surface area contributed by atoms with E-state index in [1.165, 1.54) is 6.92 Å². The van der Waals surface area contributed by atoms with Crippen molar-refractivity contribution in [3.8, 4) is 0 Å². The number of nitrogens with one attached hydrogen (secondary N) is 3. The lowest BCUT2D eigenvalue weighted by Crippen LogP contribution is -2.31. The van der Waals surface area contributed by atoms with Gasteiger partial charge >= 0.3 is 0 Å². The molecule has 0 bridgehead atoms. The second-order valence-corrected chi connectivity index (χ2v) is 9.98. The molecule has 0 radical (unpaired) electrons. The van der Waals surface area contributed by atoms with Gasteiger partial charge in [-0.3, -0.25) is 24.0 Å². The molecule has 0 fully saturated rings. The Bertz CT molecular complexity index is 808. The van der Waals surface area contributed by atoms with E-state index >= 15 is 0 Å². The molecule has 0 aliphatic carbocycles. The number of allylic oxidation sites excluding steroid dienone is 1. The van der Waals surface area contributed by atoms with E-state index < -0.39 is 0 Å². The van der Waals surface area contributed by atoms with Crippen LogP contribution in [0.3, 0.4) is 0 Å². The van der Waals surface area contributed by atoms with Crippen LogP contribution in [-0.2, 0) is 42.9 Å². The maximum Gasteiger partial charge on any atom is 0.246 e. The van der Waals surface area contributed by atoms with Crippen molar-refractivity contribution in [2.45, 2.75) is 65.2 Å². The van der Waals surface area contributed by atoms with Crippen LogP contribution in [0.15, 0.2) is 12.3 Å². The number of ketones is 2. The Balaban J connectivity index is 3.58. The van der Waals surface area contributed by atoms with E-state index in [-0.39, 0.29) is 61.4 Å². The fraction of sp³-hybridized carbons (Fsp3) is 0.759. The Hall–Kier alpha value is -2.87. The highest BCUT2D eigenvalue weighted by Crippen LogP contribution is 2.10. The highest BCUT2D eigenvalue weighted by Gasteiger charge is 2.16. The van der Waals surface area contributed by atoms with Gasteiger partial charge in [-0.05, 0) is 32.6 Å². The van der Waals surface area contributed by atoms with Gasteiger partial charge in [0.25, 0.3) is 0 Å². The highest BCUT2D eigenvalue weighted by molar-refractivity contribution is 5.86. The van der Waals surface area contributed by atoms with Gasteiger partial charge < -0.3 is 40.6 Å². The van der Waals surface area contributed by atoms with E-state index in [0.29, 0.717) is 84.8 Å². The summed E-state index contributed by atoms with van der Waals surface area (Å²) in [4.78, 5) is 57.5. The minimum atomic E-state index is -0.379. The normalized spacial score (nSPS) is 11.5. The van der Waals surface area contributed by atoms with Gasteiger partial charge in [0.1, 0.15) is 19.0 Å². The molecule has 0 saturated heterocycles. The molecule has 0 heterocycles. The standard InChI is InChI=1S/C29H52N4O9/c1-23(29(38)33-11-6-4-5-10-27(30)36)20-26(35)9-7-8-24(2)31-12-14-39-17-19-42-22-28(37)32-13-15-40-16-18-41-21-25(3)34/h23,31H,2,4-22H2,1,3H3,(H2,30,36)(H,32,37)(H,33,38)/t23-/m1/s1. The van der Waals surface area contributed by atoms with Gasteiger partial charge in [0.2, 0.25) is 17.7 Å². The minimum absolute atomic E-state index is 0.0385. The number of amides is 3. The zero-order chi connectivity index (χ0) is 31.4. The molecular formula is C29H52N4O9. The second-order valence-electron chi connectivity index (χ2n) is 9.98. The summed E-state index contributed by atoms with van der Waals surface area (Å²) in [5.74, 6) is -1.07. The molecule has 5 N–H and O–H groups in total. The summed E-state index contributed by atoms with van der Waals surface area (Å²) in [6.07, 6.45) is 4.55. The Morgan fingerprint density at radius 2 is 1.31 bits per heavy atom. The molecule has 242 valence electrons. The zero-order valence-electron chi connectivity index (χ0n) is 25.5. The lowest BCUT2D eigenvalue weighted by Gasteiger charge is -2.12. The third kappa shape index (κ3) is 27.3. The second kappa shape index (κ2) is 27.0. The van der Waals surface area contributed by atoms with Crippen LogP contribution >= 0.6 is 0 Å². The van der Waals surface area contributed by atoms with Gasteiger partial charge in [-0.1, -0.05) is 19.9 Å². The summed E-state index contributed by atoms with van der Waals surface area (Å²) in [5, 5.41) is 8.67.